The molecule has 0 aliphatic rings. The second kappa shape index (κ2) is 6.49. The van der Waals surface area contributed by atoms with E-state index in [1.807, 2.05) is 43.3 Å². The molecule has 0 aliphatic heterocycles. The molecule has 0 fully saturated rings. The number of rotatable bonds is 3. The summed E-state index contributed by atoms with van der Waals surface area (Å²) in [6, 6.07) is 21.1. The smallest absolute Gasteiger partial charge is 0.267 e. The normalized spacial score (nSPS) is 10.9. The standard InChI is InChI=1S/C21H15N3O3/c1-14-10-12-15(13-11-14)20-16-6-2-3-7-17(16)21(25)23(22-20)18-8-4-5-9-19(18)24(26)27/h2-13H,1H3. The lowest BCUT2D eigenvalue weighted by Crippen LogP contribution is -2.23. The lowest BCUT2D eigenvalue weighted by Gasteiger charge is -2.11. The number of nitro benzene ring substituents is 1. The van der Waals surface area contributed by atoms with Gasteiger partial charge in [-0.05, 0) is 19.1 Å². The monoisotopic (exact) mass is 357 g/mol. The maximum absolute atomic E-state index is 13.0. The predicted molar refractivity (Wildman–Crippen MR) is 104 cm³/mol. The first-order chi connectivity index (χ1) is 13.1. The number of nitrogens with zero attached hydrogens (tertiary/aromatic N) is 3. The number of para-hydroxylation sites is 2. The van der Waals surface area contributed by atoms with Gasteiger partial charge in [-0.2, -0.15) is 9.78 Å². The van der Waals surface area contributed by atoms with E-state index in [1.165, 1.54) is 12.1 Å². The number of fused-ring (bicyclic) bond motifs is 1. The molecule has 0 spiro atoms. The van der Waals surface area contributed by atoms with Crippen molar-refractivity contribution in [2.24, 2.45) is 0 Å². The predicted octanol–water partition coefficient (Wildman–Crippen LogP) is 4.27. The third-order valence-electron chi connectivity index (χ3n) is 4.44. The highest BCUT2D eigenvalue weighted by Crippen LogP contribution is 2.27. The highest BCUT2D eigenvalue weighted by Gasteiger charge is 2.19. The molecule has 0 amide bonds. The van der Waals surface area contributed by atoms with E-state index in [-0.39, 0.29) is 11.4 Å². The minimum Gasteiger partial charge on any atom is -0.267 e. The minimum atomic E-state index is -0.510. The van der Waals surface area contributed by atoms with Crippen molar-refractivity contribution < 1.29 is 4.92 Å². The summed E-state index contributed by atoms with van der Waals surface area (Å²) < 4.78 is 1.12. The van der Waals surface area contributed by atoms with Crippen LogP contribution in [0.15, 0.2) is 77.6 Å². The van der Waals surface area contributed by atoms with Crippen LogP contribution in [0.1, 0.15) is 5.56 Å². The van der Waals surface area contributed by atoms with Gasteiger partial charge < -0.3 is 0 Å². The van der Waals surface area contributed by atoms with Gasteiger partial charge in [-0.3, -0.25) is 14.9 Å². The van der Waals surface area contributed by atoms with Crippen LogP contribution in [0.2, 0.25) is 0 Å². The van der Waals surface area contributed by atoms with E-state index in [0.717, 1.165) is 15.8 Å². The van der Waals surface area contributed by atoms with E-state index in [0.29, 0.717) is 16.5 Å². The molecule has 132 valence electrons. The molecular weight excluding hydrogens is 342 g/mol. The van der Waals surface area contributed by atoms with Crippen LogP contribution in [0.25, 0.3) is 27.7 Å². The minimum absolute atomic E-state index is 0.145. The largest absolute Gasteiger partial charge is 0.295 e. The third kappa shape index (κ3) is 2.87. The number of aryl methyl sites for hydroxylation is 1. The molecular formula is C21H15N3O3. The molecule has 4 rings (SSSR count). The van der Waals surface area contributed by atoms with Gasteiger partial charge in [0, 0.05) is 17.0 Å². The Labute approximate surface area is 154 Å². The molecule has 0 saturated carbocycles. The molecule has 4 aromatic rings. The Morgan fingerprint density at radius 3 is 2.22 bits per heavy atom. The Morgan fingerprint density at radius 2 is 1.52 bits per heavy atom. The molecule has 3 aromatic carbocycles. The SMILES string of the molecule is Cc1ccc(-c2nn(-c3ccccc3[N+](=O)[O-])c(=O)c3ccccc23)cc1. The summed E-state index contributed by atoms with van der Waals surface area (Å²) >= 11 is 0. The number of hydrogen-bond donors (Lipinski definition) is 0. The Balaban J connectivity index is 2.09. The van der Waals surface area contributed by atoms with Gasteiger partial charge in [0.15, 0.2) is 0 Å². The Morgan fingerprint density at radius 1 is 0.889 bits per heavy atom. The lowest BCUT2D eigenvalue weighted by atomic mass is 10.0. The fraction of sp³-hybridized carbons (Fsp3) is 0.0476. The van der Waals surface area contributed by atoms with Crippen molar-refractivity contribution in [2.75, 3.05) is 0 Å². The van der Waals surface area contributed by atoms with Crippen LogP contribution in [0.3, 0.4) is 0 Å². The molecule has 27 heavy (non-hydrogen) atoms. The molecule has 1 heterocycles. The average molecular weight is 357 g/mol. The van der Waals surface area contributed by atoms with Gasteiger partial charge in [0.05, 0.1) is 16.0 Å². The van der Waals surface area contributed by atoms with Crippen molar-refractivity contribution in [1.82, 2.24) is 9.78 Å². The van der Waals surface area contributed by atoms with Crippen molar-refractivity contribution in [1.29, 1.82) is 0 Å². The average Bonchev–Trinajstić information content (AvgIpc) is 2.69. The molecule has 1 aromatic heterocycles. The van der Waals surface area contributed by atoms with E-state index in [9.17, 15) is 14.9 Å². The summed E-state index contributed by atoms with van der Waals surface area (Å²) in [6.45, 7) is 1.99. The number of hydrogen-bond acceptors (Lipinski definition) is 4. The third-order valence-corrected chi connectivity index (χ3v) is 4.44. The van der Waals surface area contributed by atoms with Gasteiger partial charge in [0.1, 0.15) is 5.69 Å². The first-order valence-corrected chi connectivity index (χ1v) is 8.39. The van der Waals surface area contributed by atoms with Gasteiger partial charge in [0.2, 0.25) is 0 Å². The first-order valence-electron chi connectivity index (χ1n) is 8.39. The van der Waals surface area contributed by atoms with E-state index >= 15 is 0 Å². The van der Waals surface area contributed by atoms with Crippen LogP contribution in [0.4, 0.5) is 5.69 Å². The van der Waals surface area contributed by atoms with E-state index in [1.54, 1.807) is 24.3 Å². The summed E-state index contributed by atoms with van der Waals surface area (Å²) in [7, 11) is 0. The van der Waals surface area contributed by atoms with Crippen LogP contribution in [-0.2, 0) is 0 Å². The zero-order chi connectivity index (χ0) is 19.0. The highest BCUT2D eigenvalue weighted by atomic mass is 16.6. The van der Waals surface area contributed by atoms with Crippen LogP contribution < -0.4 is 5.56 Å². The van der Waals surface area contributed by atoms with Crippen LogP contribution in [0, 0.1) is 17.0 Å². The topological polar surface area (TPSA) is 78.0 Å². The quantitative estimate of drug-likeness (QED) is 0.405. The van der Waals surface area contributed by atoms with Crippen LogP contribution in [-0.4, -0.2) is 14.7 Å². The summed E-state index contributed by atoms with van der Waals surface area (Å²) in [5, 5.41) is 17.1. The van der Waals surface area contributed by atoms with Crippen molar-refractivity contribution in [2.45, 2.75) is 6.92 Å². The Kier molecular flexibility index (Phi) is 4.01. The molecule has 0 saturated heterocycles. The Hall–Kier alpha value is -3.80. The molecule has 0 bridgehead atoms. The van der Waals surface area contributed by atoms with E-state index in [4.69, 9.17) is 0 Å². The van der Waals surface area contributed by atoms with Gasteiger partial charge in [-0.25, -0.2) is 0 Å². The van der Waals surface area contributed by atoms with Gasteiger partial charge in [-0.15, -0.1) is 0 Å². The van der Waals surface area contributed by atoms with Crippen LogP contribution in [0.5, 0.6) is 0 Å². The molecule has 0 atom stereocenters. The first kappa shape index (κ1) is 16.7. The van der Waals surface area contributed by atoms with Crippen molar-refractivity contribution in [3.8, 4) is 16.9 Å². The number of benzene rings is 3. The molecule has 0 unspecified atom stereocenters. The molecule has 6 heteroatoms. The molecule has 0 aliphatic carbocycles. The van der Waals surface area contributed by atoms with Crippen LogP contribution >= 0.6 is 0 Å². The number of aromatic nitrogens is 2. The lowest BCUT2D eigenvalue weighted by molar-refractivity contribution is -0.384. The zero-order valence-electron chi connectivity index (χ0n) is 14.5. The van der Waals surface area contributed by atoms with E-state index in [2.05, 4.69) is 5.10 Å². The van der Waals surface area contributed by atoms with Gasteiger partial charge in [0.25, 0.3) is 11.2 Å². The molecule has 0 N–H and O–H groups in total. The maximum Gasteiger partial charge on any atom is 0.295 e. The second-order valence-electron chi connectivity index (χ2n) is 6.22. The number of nitro groups is 1. The summed E-state index contributed by atoms with van der Waals surface area (Å²) in [4.78, 5) is 23.9. The summed E-state index contributed by atoms with van der Waals surface area (Å²) in [6.07, 6.45) is 0. The van der Waals surface area contributed by atoms with Gasteiger partial charge in [-0.1, -0.05) is 60.2 Å². The Bertz CT molecular complexity index is 1230. The zero-order valence-corrected chi connectivity index (χ0v) is 14.5. The fourth-order valence-corrected chi connectivity index (χ4v) is 3.08. The van der Waals surface area contributed by atoms with Crippen molar-refractivity contribution >= 4 is 16.5 Å². The van der Waals surface area contributed by atoms with Crippen molar-refractivity contribution in [3.63, 3.8) is 0 Å². The molecule has 0 radical (unpaired) electrons. The summed E-state index contributed by atoms with van der Waals surface area (Å²) in [5.41, 5.74) is 2.13. The highest BCUT2D eigenvalue weighted by molar-refractivity contribution is 5.94. The van der Waals surface area contributed by atoms with Gasteiger partial charge >= 0.3 is 0 Å². The fourth-order valence-electron chi connectivity index (χ4n) is 3.08. The summed E-state index contributed by atoms with van der Waals surface area (Å²) in [5.74, 6) is 0. The maximum atomic E-state index is 13.0. The molecule has 6 nitrogen and oxygen atoms in total. The van der Waals surface area contributed by atoms with Crippen molar-refractivity contribution in [3.05, 3.63) is 98.8 Å². The van der Waals surface area contributed by atoms with E-state index < -0.39 is 10.5 Å². The second-order valence-corrected chi connectivity index (χ2v) is 6.22.